The Morgan fingerprint density at radius 1 is 1.24 bits per heavy atom. The molecule has 2 rings (SSSR count). The maximum atomic E-state index is 6.03. The molecule has 0 aliphatic heterocycles. The zero-order chi connectivity index (χ0) is 12.3. The van der Waals surface area contributed by atoms with Crippen LogP contribution in [0.3, 0.4) is 0 Å². The number of benzene rings is 1. The van der Waals surface area contributed by atoms with E-state index >= 15 is 0 Å². The third kappa shape index (κ3) is 2.81. The molecule has 3 N–H and O–H groups in total. The van der Waals surface area contributed by atoms with Crippen molar-refractivity contribution in [2.75, 3.05) is 11.9 Å². The minimum atomic E-state index is 0.104. The first-order chi connectivity index (χ1) is 8.15. The Kier molecular flexibility index (Phi) is 3.72. The molecule has 1 fully saturated rings. The lowest BCUT2D eigenvalue weighted by atomic mass is 9.71. The van der Waals surface area contributed by atoms with Gasteiger partial charge in [-0.1, -0.05) is 32.0 Å². The fourth-order valence-corrected chi connectivity index (χ4v) is 2.89. The van der Waals surface area contributed by atoms with Gasteiger partial charge in [-0.3, -0.25) is 0 Å². The Balaban J connectivity index is 2.10. The van der Waals surface area contributed by atoms with E-state index < -0.39 is 0 Å². The standard InChI is InChI=1S/C15H24N2/c1-12-8-9-15(11-16,10-13(12)2)17-14-6-4-3-5-7-14/h3-7,12-13,17H,8-11,16H2,1-2H3. The van der Waals surface area contributed by atoms with Crippen LogP contribution in [0.5, 0.6) is 0 Å². The molecule has 1 aliphatic carbocycles. The second kappa shape index (κ2) is 5.09. The van der Waals surface area contributed by atoms with Crippen LogP contribution in [0.1, 0.15) is 33.1 Å². The summed E-state index contributed by atoms with van der Waals surface area (Å²) in [5, 5.41) is 3.67. The van der Waals surface area contributed by atoms with Gasteiger partial charge in [0, 0.05) is 17.8 Å². The fourth-order valence-electron chi connectivity index (χ4n) is 2.89. The molecule has 2 heteroatoms. The van der Waals surface area contributed by atoms with Gasteiger partial charge in [-0.05, 0) is 43.2 Å². The van der Waals surface area contributed by atoms with Crippen LogP contribution < -0.4 is 11.1 Å². The number of hydrogen-bond donors (Lipinski definition) is 2. The Bertz CT molecular complexity index is 349. The monoisotopic (exact) mass is 232 g/mol. The summed E-state index contributed by atoms with van der Waals surface area (Å²) >= 11 is 0. The van der Waals surface area contributed by atoms with Gasteiger partial charge in [0.15, 0.2) is 0 Å². The van der Waals surface area contributed by atoms with Crippen molar-refractivity contribution in [3.63, 3.8) is 0 Å². The average Bonchev–Trinajstić information content (AvgIpc) is 2.35. The summed E-state index contributed by atoms with van der Waals surface area (Å²) in [4.78, 5) is 0. The van der Waals surface area contributed by atoms with Gasteiger partial charge in [-0.2, -0.15) is 0 Å². The molecule has 1 aromatic carbocycles. The second-order valence-corrected chi connectivity index (χ2v) is 5.67. The number of nitrogens with two attached hydrogens (primary N) is 1. The van der Waals surface area contributed by atoms with E-state index in [0.29, 0.717) is 0 Å². The molecule has 0 radical (unpaired) electrons. The summed E-state index contributed by atoms with van der Waals surface area (Å²) in [5.41, 5.74) is 7.33. The number of nitrogens with one attached hydrogen (secondary N) is 1. The highest BCUT2D eigenvalue weighted by Gasteiger charge is 2.36. The smallest absolute Gasteiger partial charge is 0.0498 e. The van der Waals surface area contributed by atoms with Crippen LogP contribution >= 0.6 is 0 Å². The van der Waals surface area contributed by atoms with Crippen molar-refractivity contribution >= 4 is 5.69 Å². The molecule has 3 unspecified atom stereocenters. The number of para-hydroxylation sites is 1. The van der Waals surface area contributed by atoms with Crippen molar-refractivity contribution in [3.8, 4) is 0 Å². The van der Waals surface area contributed by atoms with Crippen molar-refractivity contribution in [2.24, 2.45) is 17.6 Å². The van der Waals surface area contributed by atoms with Crippen LogP contribution in [-0.4, -0.2) is 12.1 Å². The van der Waals surface area contributed by atoms with Crippen LogP contribution in [0.15, 0.2) is 30.3 Å². The normalized spacial score (nSPS) is 33.4. The molecule has 0 heterocycles. The van der Waals surface area contributed by atoms with E-state index in [-0.39, 0.29) is 5.54 Å². The van der Waals surface area contributed by atoms with Crippen LogP contribution in [0.25, 0.3) is 0 Å². The predicted molar refractivity (Wildman–Crippen MR) is 74.0 cm³/mol. The van der Waals surface area contributed by atoms with Crippen molar-refractivity contribution < 1.29 is 0 Å². The van der Waals surface area contributed by atoms with Gasteiger partial charge < -0.3 is 11.1 Å². The summed E-state index contributed by atoms with van der Waals surface area (Å²) in [6.45, 7) is 5.42. The Morgan fingerprint density at radius 2 is 1.94 bits per heavy atom. The summed E-state index contributed by atoms with van der Waals surface area (Å²) in [6.07, 6.45) is 3.64. The van der Waals surface area contributed by atoms with E-state index in [2.05, 4.69) is 43.4 Å². The lowest BCUT2D eigenvalue weighted by Gasteiger charge is -2.43. The van der Waals surface area contributed by atoms with Crippen molar-refractivity contribution in [1.82, 2.24) is 0 Å². The molecule has 1 saturated carbocycles. The lowest BCUT2D eigenvalue weighted by Crippen LogP contribution is -2.50. The van der Waals surface area contributed by atoms with Gasteiger partial charge >= 0.3 is 0 Å². The van der Waals surface area contributed by atoms with Crippen molar-refractivity contribution in [1.29, 1.82) is 0 Å². The molecule has 0 aromatic heterocycles. The molecule has 0 bridgehead atoms. The first kappa shape index (κ1) is 12.4. The zero-order valence-electron chi connectivity index (χ0n) is 10.9. The zero-order valence-corrected chi connectivity index (χ0v) is 10.9. The number of hydrogen-bond acceptors (Lipinski definition) is 2. The van der Waals surface area contributed by atoms with Gasteiger partial charge in [-0.25, -0.2) is 0 Å². The molecule has 0 spiro atoms. The summed E-state index contributed by atoms with van der Waals surface area (Å²) in [7, 11) is 0. The van der Waals surface area contributed by atoms with Crippen LogP contribution in [0, 0.1) is 11.8 Å². The predicted octanol–water partition coefficient (Wildman–Crippen LogP) is 3.25. The highest BCUT2D eigenvalue weighted by Crippen LogP contribution is 2.37. The van der Waals surface area contributed by atoms with Gasteiger partial charge in [0.05, 0.1) is 0 Å². The van der Waals surface area contributed by atoms with Gasteiger partial charge in [0.2, 0.25) is 0 Å². The van der Waals surface area contributed by atoms with E-state index in [1.807, 2.05) is 6.07 Å². The highest BCUT2D eigenvalue weighted by atomic mass is 15.0. The third-order valence-electron chi connectivity index (χ3n) is 4.34. The maximum absolute atomic E-state index is 6.03. The Labute approximate surface area is 105 Å². The molecular formula is C15H24N2. The van der Waals surface area contributed by atoms with Crippen molar-refractivity contribution in [3.05, 3.63) is 30.3 Å². The van der Waals surface area contributed by atoms with Crippen molar-refractivity contribution in [2.45, 2.75) is 38.6 Å². The fraction of sp³-hybridized carbons (Fsp3) is 0.600. The minimum Gasteiger partial charge on any atom is -0.378 e. The molecule has 2 nitrogen and oxygen atoms in total. The molecular weight excluding hydrogens is 208 g/mol. The number of anilines is 1. The largest absolute Gasteiger partial charge is 0.378 e. The van der Waals surface area contributed by atoms with E-state index in [1.165, 1.54) is 24.9 Å². The first-order valence-corrected chi connectivity index (χ1v) is 6.68. The summed E-state index contributed by atoms with van der Waals surface area (Å²) in [6, 6.07) is 10.4. The molecule has 0 saturated heterocycles. The molecule has 1 aromatic rings. The SMILES string of the molecule is CC1CCC(CN)(Nc2ccccc2)CC1C. The van der Waals surface area contributed by atoms with E-state index in [4.69, 9.17) is 5.73 Å². The second-order valence-electron chi connectivity index (χ2n) is 5.67. The molecule has 3 atom stereocenters. The van der Waals surface area contributed by atoms with E-state index in [9.17, 15) is 0 Å². The maximum Gasteiger partial charge on any atom is 0.0498 e. The summed E-state index contributed by atoms with van der Waals surface area (Å²) < 4.78 is 0. The minimum absolute atomic E-state index is 0.104. The quantitative estimate of drug-likeness (QED) is 0.839. The third-order valence-corrected chi connectivity index (χ3v) is 4.34. The first-order valence-electron chi connectivity index (χ1n) is 6.68. The molecule has 17 heavy (non-hydrogen) atoms. The van der Waals surface area contributed by atoms with Crippen LogP contribution in [0.4, 0.5) is 5.69 Å². The Morgan fingerprint density at radius 3 is 2.53 bits per heavy atom. The van der Waals surface area contributed by atoms with Crippen LogP contribution in [-0.2, 0) is 0 Å². The van der Waals surface area contributed by atoms with Gasteiger partial charge in [0.1, 0.15) is 0 Å². The van der Waals surface area contributed by atoms with Gasteiger partial charge in [-0.15, -0.1) is 0 Å². The lowest BCUT2D eigenvalue weighted by molar-refractivity contribution is 0.196. The van der Waals surface area contributed by atoms with E-state index in [0.717, 1.165) is 18.4 Å². The van der Waals surface area contributed by atoms with E-state index in [1.54, 1.807) is 0 Å². The molecule has 1 aliphatic rings. The molecule has 94 valence electrons. The Hall–Kier alpha value is -1.02. The van der Waals surface area contributed by atoms with Crippen LogP contribution in [0.2, 0.25) is 0 Å². The highest BCUT2D eigenvalue weighted by molar-refractivity contribution is 5.45. The topological polar surface area (TPSA) is 38.0 Å². The summed E-state index contributed by atoms with van der Waals surface area (Å²) in [5.74, 6) is 1.58. The average molecular weight is 232 g/mol. The number of rotatable bonds is 3. The molecule has 0 amide bonds. The van der Waals surface area contributed by atoms with Gasteiger partial charge in [0.25, 0.3) is 0 Å².